The maximum atomic E-state index is 12.0. The molecule has 0 aromatic rings. The van der Waals surface area contributed by atoms with Crippen LogP contribution < -0.4 is 0 Å². The Morgan fingerprint density at radius 1 is 1.04 bits per heavy atom. The maximum absolute atomic E-state index is 12.0. The summed E-state index contributed by atoms with van der Waals surface area (Å²) in [5.74, 6) is 0. The van der Waals surface area contributed by atoms with E-state index in [9.17, 15) is 9.90 Å². The molecule has 0 heterocycles. The topological polar surface area (TPSA) is 77.5 Å². The zero-order chi connectivity index (χ0) is 17.7. The molecule has 0 bridgehead atoms. The van der Waals surface area contributed by atoms with Gasteiger partial charge >= 0.3 is 14.9 Å². The first kappa shape index (κ1) is 22.3. The van der Waals surface area contributed by atoms with Crippen LogP contribution in [0.3, 0.4) is 0 Å². The molecule has 0 saturated heterocycles. The van der Waals surface area contributed by atoms with Crippen molar-refractivity contribution in [3.8, 4) is 0 Å². The molecule has 1 unspecified atom stereocenters. The Hall–Kier alpha value is -0.673. The second-order valence-corrected chi connectivity index (χ2v) is 7.74. The van der Waals surface area contributed by atoms with Crippen LogP contribution in [0.1, 0.15) is 41.0 Å². The van der Waals surface area contributed by atoms with E-state index in [1.165, 1.54) is 4.90 Å². The fourth-order valence-electron chi connectivity index (χ4n) is 2.26. The van der Waals surface area contributed by atoms with E-state index in [0.29, 0.717) is 45.4 Å². The molecular formula is C15H33NO6Si. The van der Waals surface area contributed by atoms with Crippen molar-refractivity contribution in [3.05, 3.63) is 0 Å². The van der Waals surface area contributed by atoms with Gasteiger partial charge in [-0.1, -0.05) is 0 Å². The lowest BCUT2D eigenvalue weighted by atomic mass is 10.3. The van der Waals surface area contributed by atoms with Crippen molar-refractivity contribution in [3.63, 3.8) is 0 Å². The smallest absolute Gasteiger partial charge is 0.450 e. The van der Waals surface area contributed by atoms with Gasteiger partial charge in [-0.3, -0.25) is 0 Å². The largest absolute Gasteiger partial charge is 0.500 e. The van der Waals surface area contributed by atoms with Crippen LogP contribution in [0.2, 0.25) is 6.04 Å². The van der Waals surface area contributed by atoms with E-state index in [1.54, 1.807) is 13.8 Å². The molecule has 0 saturated carbocycles. The van der Waals surface area contributed by atoms with Gasteiger partial charge < -0.3 is 28.0 Å². The van der Waals surface area contributed by atoms with E-state index < -0.39 is 14.9 Å². The summed E-state index contributed by atoms with van der Waals surface area (Å²) in [5, 5.41) is 9.32. The number of amides is 1. The van der Waals surface area contributed by atoms with Gasteiger partial charge in [0.1, 0.15) is 0 Å². The summed E-state index contributed by atoms with van der Waals surface area (Å²) in [6, 6.07) is 0.327. The lowest BCUT2D eigenvalue weighted by Crippen LogP contribution is -2.47. The predicted molar refractivity (Wildman–Crippen MR) is 90.3 cm³/mol. The molecule has 1 N–H and O–H groups in total. The van der Waals surface area contributed by atoms with E-state index in [-0.39, 0.29) is 12.6 Å². The van der Waals surface area contributed by atoms with E-state index in [0.717, 1.165) is 0 Å². The van der Waals surface area contributed by atoms with Gasteiger partial charge in [0.15, 0.2) is 0 Å². The molecule has 0 rings (SSSR count). The highest BCUT2D eigenvalue weighted by Crippen LogP contribution is 2.19. The van der Waals surface area contributed by atoms with Gasteiger partial charge in [0.05, 0.1) is 19.3 Å². The lowest BCUT2D eigenvalue weighted by molar-refractivity contribution is 0.0635. The molecule has 0 fully saturated rings. The van der Waals surface area contributed by atoms with Crippen LogP contribution in [0.15, 0.2) is 0 Å². The van der Waals surface area contributed by atoms with Gasteiger partial charge in [-0.2, -0.15) is 0 Å². The number of aliphatic hydroxyl groups excluding tert-OH is 1. The quantitative estimate of drug-likeness (QED) is 0.513. The van der Waals surface area contributed by atoms with E-state index >= 15 is 0 Å². The minimum Gasteiger partial charge on any atom is -0.450 e. The monoisotopic (exact) mass is 351 g/mol. The van der Waals surface area contributed by atoms with Gasteiger partial charge in [0.25, 0.3) is 0 Å². The van der Waals surface area contributed by atoms with E-state index in [4.69, 9.17) is 18.0 Å². The average molecular weight is 352 g/mol. The van der Waals surface area contributed by atoms with Crippen molar-refractivity contribution in [1.82, 2.24) is 4.90 Å². The Labute approximate surface area is 141 Å². The summed E-state index contributed by atoms with van der Waals surface area (Å²) >= 11 is 0. The molecule has 0 radical (unpaired) electrons. The van der Waals surface area contributed by atoms with Crippen LogP contribution in [-0.2, 0) is 18.0 Å². The summed E-state index contributed by atoms with van der Waals surface area (Å²) in [5.41, 5.74) is 0. The predicted octanol–water partition coefficient (Wildman–Crippen LogP) is 2.26. The highest BCUT2D eigenvalue weighted by molar-refractivity contribution is 6.60. The van der Waals surface area contributed by atoms with Gasteiger partial charge in [-0.15, -0.1) is 0 Å². The molecule has 0 aromatic heterocycles. The minimum atomic E-state index is -2.70. The first-order valence-electron chi connectivity index (χ1n) is 8.46. The summed E-state index contributed by atoms with van der Waals surface area (Å²) in [6.07, 6.45) is 0.251. The normalized spacial score (nSPS) is 13.0. The third kappa shape index (κ3) is 8.12. The fourth-order valence-corrected chi connectivity index (χ4v) is 4.86. The molecule has 0 aromatic carbocycles. The van der Waals surface area contributed by atoms with Gasteiger partial charge in [0.2, 0.25) is 0 Å². The third-order valence-electron chi connectivity index (χ3n) is 3.27. The van der Waals surface area contributed by atoms with Crippen molar-refractivity contribution in [2.75, 3.05) is 39.6 Å². The number of nitrogens with zero attached hydrogens (tertiary/aromatic N) is 1. The Kier molecular flexibility index (Phi) is 12.3. The number of rotatable bonds is 13. The van der Waals surface area contributed by atoms with Gasteiger partial charge in [-0.25, -0.2) is 4.79 Å². The Bertz CT molecular complexity index is 301. The maximum Gasteiger partial charge on any atom is 0.500 e. The van der Waals surface area contributed by atoms with E-state index in [1.807, 2.05) is 20.8 Å². The number of carbonyl (C=O) groups is 1. The Morgan fingerprint density at radius 2 is 1.57 bits per heavy atom. The fraction of sp³-hybridized carbons (Fsp3) is 0.933. The Balaban J connectivity index is 4.75. The summed E-state index contributed by atoms with van der Waals surface area (Å²) in [6.45, 7) is 11.5. The molecule has 0 aliphatic heterocycles. The standard InChI is InChI=1S/C15H33NO6Si/c1-6-19-15(18)16(14(5)13-17)11-10-12-23(20-7-2,21-8-3)22-9-4/h14,17H,6-13H2,1-5H3. The summed E-state index contributed by atoms with van der Waals surface area (Å²) < 4.78 is 22.4. The van der Waals surface area contributed by atoms with Crippen molar-refractivity contribution >= 4 is 14.9 Å². The first-order valence-corrected chi connectivity index (χ1v) is 10.4. The number of carbonyl (C=O) groups excluding carboxylic acids is 1. The molecule has 0 aliphatic carbocycles. The highest BCUT2D eigenvalue weighted by Gasteiger charge is 2.40. The molecule has 8 heteroatoms. The number of ether oxygens (including phenoxy) is 1. The van der Waals surface area contributed by atoms with Crippen molar-refractivity contribution < 1.29 is 27.9 Å². The second-order valence-electron chi connectivity index (χ2n) is 5.01. The first-order chi connectivity index (χ1) is 11.0. The molecule has 1 amide bonds. The van der Waals surface area contributed by atoms with E-state index in [2.05, 4.69) is 0 Å². The van der Waals surface area contributed by atoms with Crippen LogP contribution in [-0.4, -0.2) is 70.5 Å². The Morgan fingerprint density at radius 3 is 1.96 bits per heavy atom. The number of aliphatic hydroxyl groups is 1. The molecular weight excluding hydrogens is 318 g/mol. The van der Waals surface area contributed by atoms with Crippen LogP contribution >= 0.6 is 0 Å². The molecule has 0 aliphatic rings. The van der Waals surface area contributed by atoms with Crippen molar-refractivity contribution in [2.45, 2.75) is 53.1 Å². The van der Waals surface area contributed by atoms with Gasteiger partial charge in [-0.05, 0) is 41.0 Å². The zero-order valence-electron chi connectivity index (χ0n) is 15.2. The highest BCUT2D eigenvalue weighted by atomic mass is 28.4. The van der Waals surface area contributed by atoms with Gasteiger partial charge in [0, 0.05) is 32.4 Å². The zero-order valence-corrected chi connectivity index (χ0v) is 16.2. The van der Waals surface area contributed by atoms with Crippen LogP contribution in [0.5, 0.6) is 0 Å². The third-order valence-corrected chi connectivity index (χ3v) is 6.42. The minimum absolute atomic E-state index is 0.107. The summed E-state index contributed by atoms with van der Waals surface area (Å²) in [4.78, 5) is 13.5. The van der Waals surface area contributed by atoms with Crippen LogP contribution in [0.4, 0.5) is 4.79 Å². The molecule has 0 spiro atoms. The lowest BCUT2D eigenvalue weighted by Gasteiger charge is -2.31. The average Bonchev–Trinajstić information content (AvgIpc) is 2.52. The molecule has 138 valence electrons. The van der Waals surface area contributed by atoms with Crippen molar-refractivity contribution in [2.24, 2.45) is 0 Å². The molecule has 23 heavy (non-hydrogen) atoms. The number of hydrogen-bond donors (Lipinski definition) is 1. The summed E-state index contributed by atoms with van der Waals surface area (Å²) in [7, 11) is -2.70. The molecule has 1 atom stereocenters. The van der Waals surface area contributed by atoms with Crippen LogP contribution in [0.25, 0.3) is 0 Å². The molecule has 7 nitrogen and oxygen atoms in total. The van der Waals surface area contributed by atoms with Crippen LogP contribution in [0, 0.1) is 0 Å². The van der Waals surface area contributed by atoms with Crippen molar-refractivity contribution in [1.29, 1.82) is 0 Å². The SMILES string of the molecule is CCOC(=O)N(CCC[Si](OCC)(OCC)OCC)C(C)CO. The number of hydrogen-bond acceptors (Lipinski definition) is 6. The second kappa shape index (κ2) is 12.7.